The van der Waals surface area contributed by atoms with Crippen molar-refractivity contribution in [1.29, 1.82) is 0 Å². The number of nitrogens with one attached hydrogen (secondary N) is 1. The monoisotopic (exact) mass is 266 g/mol. The van der Waals surface area contributed by atoms with Gasteiger partial charge in [0.15, 0.2) is 0 Å². The van der Waals surface area contributed by atoms with Crippen LogP contribution in [0.1, 0.15) is 39.5 Å². The quantitative estimate of drug-likeness (QED) is 0.590. The largest absolute Gasteiger partial charge is 0.373 e. The minimum atomic E-state index is 0.394. The molecule has 1 saturated heterocycles. The van der Waals surface area contributed by atoms with Gasteiger partial charge in [-0.15, -0.1) is 0 Å². The fraction of sp³-hybridized carbons (Fsp3) is 0.875. The maximum Gasteiger partial charge on any atom is 0.0678 e. The first-order chi connectivity index (χ1) is 9.24. The van der Waals surface area contributed by atoms with Crippen molar-refractivity contribution in [3.8, 4) is 0 Å². The number of allylic oxidation sites excluding steroid dienone is 2. The SMILES string of the molecule is CC1CN(CCCNCC2CC=CCC2)CC(C)O1. The highest BCUT2D eigenvalue weighted by atomic mass is 16.5. The second kappa shape index (κ2) is 8.03. The lowest BCUT2D eigenvalue weighted by molar-refractivity contribution is -0.0680. The molecule has 2 rings (SSSR count). The molecular weight excluding hydrogens is 236 g/mol. The normalized spacial score (nSPS) is 32.6. The lowest BCUT2D eigenvalue weighted by Gasteiger charge is -2.35. The molecule has 1 aliphatic heterocycles. The number of hydrogen-bond acceptors (Lipinski definition) is 3. The first-order valence-corrected chi connectivity index (χ1v) is 7.97. The van der Waals surface area contributed by atoms with E-state index in [0.717, 1.165) is 25.6 Å². The summed E-state index contributed by atoms with van der Waals surface area (Å²) < 4.78 is 5.76. The summed E-state index contributed by atoms with van der Waals surface area (Å²) in [5.74, 6) is 0.869. The van der Waals surface area contributed by atoms with E-state index in [1.165, 1.54) is 38.8 Å². The van der Waals surface area contributed by atoms with Crippen LogP contribution in [0.15, 0.2) is 12.2 Å². The Hall–Kier alpha value is -0.380. The molecule has 0 amide bonds. The van der Waals surface area contributed by atoms with Gasteiger partial charge in [0.25, 0.3) is 0 Å². The van der Waals surface area contributed by atoms with Gasteiger partial charge < -0.3 is 10.1 Å². The third-order valence-electron chi connectivity index (χ3n) is 4.13. The summed E-state index contributed by atoms with van der Waals surface area (Å²) in [6, 6.07) is 0. The van der Waals surface area contributed by atoms with E-state index in [2.05, 4.69) is 36.2 Å². The minimum Gasteiger partial charge on any atom is -0.373 e. The molecule has 1 heterocycles. The minimum absolute atomic E-state index is 0.394. The highest BCUT2D eigenvalue weighted by Crippen LogP contribution is 2.16. The smallest absolute Gasteiger partial charge is 0.0678 e. The van der Waals surface area contributed by atoms with Crippen molar-refractivity contribution in [3.63, 3.8) is 0 Å². The van der Waals surface area contributed by atoms with Crippen LogP contribution < -0.4 is 5.32 Å². The molecule has 0 saturated carbocycles. The summed E-state index contributed by atoms with van der Waals surface area (Å²) in [7, 11) is 0. The molecule has 0 radical (unpaired) electrons. The van der Waals surface area contributed by atoms with E-state index in [4.69, 9.17) is 4.74 Å². The summed E-state index contributed by atoms with van der Waals surface area (Å²) in [5, 5.41) is 3.63. The van der Waals surface area contributed by atoms with E-state index in [-0.39, 0.29) is 0 Å². The molecule has 1 N–H and O–H groups in total. The summed E-state index contributed by atoms with van der Waals surface area (Å²) in [4.78, 5) is 2.55. The van der Waals surface area contributed by atoms with E-state index in [1.54, 1.807) is 0 Å². The molecule has 3 unspecified atom stereocenters. The van der Waals surface area contributed by atoms with E-state index >= 15 is 0 Å². The van der Waals surface area contributed by atoms with Gasteiger partial charge in [-0.3, -0.25) is 4.90 Å². The van der Waals surface area contributed by atoms with E-state index in [0.29, 0.717) is 12.2 Å². The summed E-state index contributed by atoms with van der Waals surface area (Å²) >= 11 is 0. The maximum atomic E-state index is 5.76. The van der Waals surface area contributed by atoms with Gasteiger partial charge in [-0.2, -0.15) is 0 Å². The van der Waals surface area contributed by atoms with E-state index < -0.39 is 0 Å². The molecule has 3 atom stereocenters. The first kappa shape index (κ1) is 15.0. The van der Waals surface area contributed by atoms with Gasteiger partial charge in [0.1, 0.15) is 0 Å². The van der Waals surface area contributed by atoms with Crippen LogP contribution in [0.25, 0.3) is 0 Å². The predicted molar refractivity (Wildman–Crippen MR) is 80.4 cm³/mol. The topological polar surface area (TPSA) is 24.5 Å². The van der Waals surface area contributed by atoms with Crippen molar-refractivity contribution in [1.82, 2.24) is 10.2 Å². The molecule has 2 aliphatic rings. The van der Waals surface area contributed by atoms with Gasteiger partial charge in [-0.25, -0.2) is 0 Å². The fourth-order valence-corrected chi connectivity index (χ4v) is 3.24. The number of morpholine rings is 1. The average molecular weight is 266 g/mol. The molecule has 110 valence electrons. The molecule has 0 aromatic rings. The zero-order valence-corrected chi connectivity index (χ0v) is 12.6. The lowest BCUT2D eigenvalue weighted by atomic mass is 9.94. The van der Waals surface area contributed by atoms with Gasteiger partial charge in [-0.1, -0.05) is 12.2 Å². The molecule has 0 spiro atoms. The van der Waals surface area contributed by atoms with Gasteiger partial charge in [-0.05, 0) is 65.1 Å². The van der Waals surface area contributed by atoms with Crippen LogP contribution >= 0.6 is 0 Å². The van der Waals surface area contributed by atoms with Gasteiger partial charge in [0.2, 0.25) is 0 Å². The van der Waals surface area contributed by atoms with Gasteiger partial charge in [0, 0.05) is 13.1 Å². The Labute approximate surface area is 118 Å². The van der Waals surface area contributed by atoms with Crippen molar-refractivity contribution in [2.75, 3.05) is 32.7 Å². The van der Waals surface area contributed by atoms with Crippen LogP contribution in [0.4, 0.5) is 0 Å². The van der Waals surface area contributed by atoms with Crippen molar-refractivity contribution in [3.05, 3.63) is 12.2 Å². The Morgan fingerprint density at radius 2 is 2.00 bits per heavy atom. The zero-order chi connectivity index (χ0) is 13.5. The predicted octanol–water partition coefficient (Wildman–Crippen LogP) is 2.43. The molecular formula is C16H30N2O. The van der Waals surface area contributed by atoms with Crippen molar-refractivity contribution >= 4 is 0 Å². The van der Waals surface area contributed by atoms with Crippen molar-refractivity contribution < 1.29 is 4.74 Å². The Morgan fingerprint density at radius 1 is 1.21 bits per heavy atom. The highest BCUT2D eigenvalue weighted by molar-refractivity contribution is 4.90. The van der Waals surface area contributed by atoms with E-state index in [9.17, 15) is 0 Å². The standard InChI is InChI=1S/C16H30N2O/c1-14-12-18(13-15(2)19-14)10-6-9-17-11-16-7-4-3-5-8-16/h3-4,14-17H,5-13H2,1-2H3. The number of nitrogens with zero attached hydrogens (tertiary/aromatic N) is 1. The Morgan fingerprint density at radius 3 is 2.68 bits per heavy atom. The Kier molecular flexibility index (Phi) is 6.35. The molecule has 3 nitrogen and oxygen atoms in total. The Bertz CT molecular complexity index is 270. The highest BCUT2D eigenvalue weighted by Gasteiger charge is 2.21. The molecule has 3 heteroatoms. The van der Waals surface area contributed by atoms with Gasteiger partial charge in [0.05, 0.1) is 12.2 Å². The molecule has 0 bridgehead atoms. The Balaban J connectivity index is 1.50. The fourth-order valence-electron chi connectivity index (χ4n) is 3.24. The summed E-state index contributed by atoms with van der Waals surface area (Å²) in [6.45, 7) is 10.1. The molecule has 1 aliphatic carbocycles. The molecule has 0 aromatic carbocycles. The van der Waals surface area contributed by atoms with Crippen LogP contribution in [0.3, 0.4) is 0 Å². The van der Waals surface area contributed by atoms with Crippen LogP contribution in [-0.2, 0) is 4.74 Å². The molecule has 1 fully saturated rings. The molecule has 19 heavy (non-hydrogen) atoms. The first-order valence-electron chi connectivity index (χ1n) is 7.97. The van der Waals surface area contributed by atoms with E-state index in [1.807, 2.05) is 0 Å². The average Bonchev–Trinajstić information content (AvgIpc) is 2.38. The second-order valence-electron chi connectivity index (χ2n) is 6.23. The number of rotatable bonds is 6. The van der Waals surface area contributed by atoms with Crippen LogP contribution in [0.2, 0.25) is 0 Å². The summed E-state index contributed by atoms with van der Waals surface area (Å²) in [5.41, 5.74) is 0. The second-order valence-corrected chi connectivity index (χ2v) is 6.23. The maximum absolute atomic E-state index is 5.76. The van der Waals surface area contributed by atoms with Crippen LogP contribution in [-0.4, -0.2) is 49.8 Å². The third kappa shape index (κ3) is 5.64. The zero-order valence-electron chi connectivity index (χ0n) is 12.6. The number of ether oxygens (including phenoxy) is 1. The molecule has 0 aromatic heterocycles. The van der Waals surface area contributed by atoms with Crippen molar-refractivity contribution in [2.45, 2.75) is 51.7 Å². The van der Waals surface area contributed by atoms with Crippen LogP contribution in [0.5, 0.6) is 0 Å². The summed E-state index contributed by atoms with van der Waals surface area (Å²) in [6.07, 6.45) is 10.6. The lowest BCUT2D eigenvalue weighted by Crippen LogP contribution is -2.46. The number of hydrogen-bond donors (Lipinski definition) is 1. The third-order valence-corrected chi connectivity index (χ3v) is 4.13. The van der Waals surface area contributed by atoms with Crippen molar-refractivity contribution in [2.24, 2.45) is 5.92 Å². The van der Waals surface area contributed by atoms with Gasteiger partial charge >= 0.3 is 0 Å². The van der Waals surface area contributed by atoms with Crippen LogP contribution in [0, 0.1) is 5.92 Å².